The van der Waals surface area contributed by atoms with E-state index in [9.17, 15) is 9.59 Å². The molecule has 0 radical (unpaired) electrons. The van der Waals surface area contributed by atoms with Gasteiger partial charge < -0.3 is 5.32 Å². The number of nitrogens with zero attached hydrogens (tertiary/aromatic N) is 2. The van der Waals surface area contributed by atoms with Crippen LogP contribution in [0.3, 0.4) is 0 Å². The Morgan fingerprint density at radius 1 is 1.14 bits per heavy atom. The molecular weight excluding hydrogens is 406 g/mol. The molecule has 7 heteroatoms. The molecule has 146 valence electrons. The monoisotopic (exact) mass is 423 g/mol. The lowest BCUT2D eigenvalue weighted by atomic mass is 10.0. The average Bonchev–Trinajstić information content (AvgIpc) is 3.17. The Morgan fingerprint density at radius 2 is 1.86 bits per heavy atom. The van der Waals surface area contributed by atoms with Gasteiger partial charge in [-0.2, -0.15) is 0 Å². The zero-order valence-electron chi connectivity index (χ0n) is 15.7. The Hall–Kier alpha value is -2.96. The van der Waals surface area contributed by atoms with Crippen LogP contribution >= 0.6 is 22.9 Å². The minimum absolute atomic E-state index is 0.117. The van der Waals surface area contributed by atoms with Crippen LogP contribution < -0.4 is 10.9 Å². The van der Waals surface area contributed by atoms with Gasteiger partial charge in [0, 0.05) is 21.7 Å². The number of aryl methyl sites for hydroxylation is 1. The maximum atomic E-state index is 13.1. The maximum Gasteiger partial charge on any atom is 0.263 e. The number of carbonyl (C=O) groups excluding carboxylic acids is 1. The van der Waals surface area contributed by atoms with E-state index in [1.54, 1.807) is 24.3 Å². The third kappa shape index (κ3) is 4.09. The highest BCUT2D eigenvalue weighted by molar-refractivity contribution is 7.17. The van der Waals surface area contributed by atoms with Crippen LogP contribution in [0.25, 0.3) is 21.3 Å². The number of halogens is 1. The van der Waals surface area contributed by atoms with Gasteiger partial charge >= 0.3 is 0 Å². The molecular formula is C22H18ClN3O2S. The fourth-order valence-corrected chi connectivity index (χ4v) is 4.13. The van der Waals surface area contributed by atoms with E-state index in [1.165, 1.54) is 27.8 Å². The molecule has 2 heterocycles. The van der Waals surface area contributed by atoms with Crippen molar-refractivity contribution < 1.29 is 4.79 Å². The Morgan fingerprint density at radius 3 is 2.55 bits per heavy atom. The van der Waals surface area contributed by atoms with Gasteiger partial charge in [-0.15, -0.1) is 11.3 Å². The standard InChI is InChI=1S/C22H18ClN3O2S/c1-2-14-3-5-15(6-4-14)18-12-29-21-20(18)22(28)26(13-24-21)11-19(27)25-17-9-7-16(23)8-10-17/h3-10,12-13H,2,11H2,1H3,(H,25,27). The number of carbonyl (C=O) groups is 1. The summed E-state index contributed by atoms with van der Waals surface area (Å²) < 4.78 is 1.34. The molecule has 0 fully saturated rings. The average molecular weight is 424 g/mol. The molecule has 0 spiro atoms. The SMILES string of the molecule is CCc1ccc(-c2csc3ncn(CC(=O)Nc4ccc(Cl)cc4)c(=O)c23)cc1. The van der Waals surface area contributed by atoms with Gasteiger partial charge in [0.05, 0.1) is 11.7 Å². The topological polar surface area (TPSA) is 64.0 Å². The smallest absolute Gasteiger partial charge is 0.263 e. The molecule has 29 heavy (non-hydrogen) atoms. The molecule has 0 saturated carbocycles. The zero-order valence-corrected chi connectivity index (χ0v) is 17.3. The summed E-state index contributed by atoms with van der Waals surface area (Å²) >= 11 is 7.29. The number of hydrogen-bond donors (Lipinski definition) is 1. The van der Waals surface area contributed by atoms with Gasteiger partial charge in [-0.25, -0.2) is 4.98 Å². The van der Waals surface area contributed by atoms with Crippen molar-refractivity contribution in [2.75, 3.05) is 5.32 Å². The van der Waals surface area contributed by atoms with Gasteiger partial charge in [-0.3, -0.25) is 14.2 Å². The molecule has 0 atom stereocenters. The van der Waals surface area contributed by atoms with Crippen molar-refractivity contribution in [3.05, 3.63) is 81.2 Å². The molecule has 2 aromatic heterocycles. The number of aromatic nitrogens is 2. The largest absolute Gasteiger partial charge is 0.325 e. The predicted molar refractivity (Wildman–Crippen MR) is 119 cm³/mol. The van der Waals surface area contributed by atoms with E-state index in [-0.39, 0.29) is 18.0 Å². The van der Waals surface area contributed by atoms with Gasteiger partial charge in [-0.05, 0) is 41.8 Å². The van der Waals surface area contributed by atoms with Crippen LogP contribution in [0.4, 0.5) is 5.69 Å². The number of rotatable bonds is 5. The summed E-state index contributed by atoms with van der Waals surface area (Å²) in [6, 6.07) is 15.0. The minimum Gasteiger partial charge on any atom is -0.325 e. The molecule has 0 unspecified atom stereocenters. The highest BCUT2D eigenvalue weighted by Crippen LogP contribution is 2.30. The summed E-state index contributed by atoms with van der Waals surface area (Å²) in [5.74, 6) is -0.306. The second-order valence-electron chi connectivity index (χ2n) is 6.61. The third-order valence-electron chi connectivity index (χ3n) is 4.68. The van der Waals surface area contributed by atoms with Crippen LogP contribution in [0.5, 0.6) is 0 Å². The van der Waals surface area contributed by atoms with Gasteiger partial charge in [-0.1, -0.05) is 42.8 Å². The zero-order chi connectivity index (χ0) is 20.4. The molecule has 1 amide bonds. The number of amides is 1. The van der Waals surface area contributed by atoms with Gasteiger partial charge in [0.1, 0.15) is 11.4 Å². The molecule has 0 aliphatic carbocycles. The fourth-order valence-electron chi connectivity index (χ4n) is 3.10. The summed E-state index contributed by atoms with van der Waals surface area (Å²) in [6.45, 7) is 1.99. The van der Waals surface area contributed by atoms with Crippen LogP contribution in [0.15, 0.2) is 65.0 Å². The Bertz CT molecular complexity index is 1230. The normalized spacial score (nSPS) is 11.0. The minimum atomic E-state index is -0.306. The van der Waals surface area contributed by atoms with Crippen molar-refractivity contribution in [3.8, 4) is 11.1 Å². The van der Waals surface area contributed by atoms with E-state index >= 15 is 0 Å². The summed E-state index contributed by atoms with van der Waals surface area (Å²) in [7, 11) is 0. The number of hydrogen-bond acceptors (Lipinski definition) is 4. The molecule has 4 rings (SSSR count). The first-order valence-corrected chi connectivity index (χ1v) is 10.4. The van der Waals surface area contributed by atoms with Crippen LogP contribution in [0, 0.1) is 0 Å². The van der Waals surface area contributed by atoms with Crippen LogP contribution in [0.2, 0.25) is 5.02 Å². The van der Waals surface area contributed by atoms with Crippen molar-refractivity contribution >= 4 is 44.7 Å². The second kappa shape index (κ2) is 8.19. The van der Waals surface area contributed by atoms with Crippen molar-refractivity contribution in [1.82, 2.24) is 9.55 Å². The lowest BCUT2D eigenvalue weighted by molar-refractivity contribution is -0.116. The van der Waals surface area contributed by atoms with Crippen LogP contribution in [-0.2, 0) is 17.8 Å². The Labute approximate surface area is 176 Å². The molecule has 0 aliphatic rings. The van der Waals surface area contributed by atoms with E-state index in [2.05, 4.69) is 29.4 Å². The summed E-state index contributed by atoms with van der Waals surface area (Å²) in [4.78, 5) is 30.5. The third-order valence-corrected chi connectivity index (χ3v) is 5.81. The molecule has 0 aliphatic heterocycles. The van der Waals surface area contributed by atoms with Gasteiger partial charge in [0.15, 0.2) is 0 Å². The molecule has 5 nitrogen and oxygen atoms in total. The lowest BCUT2D eigenvalue weighted by Gasteiger charge is -2.08. The lowest BCUT2D eigenvalue weighted by Crippen LogP contribution is -2.27. The quantitative estimate of drug-likeness (QED) is 0.492. The van der Waals surface area contributed by atoms with E-state index in [0.717, 1.165) is 17.5 Å². The number of nitrogens with one attached hydrogen (secondary N) is 1. The van der Waals surface area contributed by atoms with Crippen LogP contribution in [-0.4, -0.2) is 15.5 Å². The maximum absolute atomic E-state index is 13.1. The summed E-state index contributed by atoms with van der Waals surface area (Å²) in [5, 5.41) is 5.84. The molecule has 0 saturated heterocycles. The van der Waals surface area contributed by atoms with Gasteiger partial charge in [0.2, 0.25) is 5.91 Å². The first-order chi connectivity index (χ1) is 14.0. The fraction of sp³-hybridized carbons (Fsp3) is 0.136. The van der Waals surface area contributed by atoms with Crippen molar-refractivity contribution in [2.24, 2.45) is 0 Å². The first kappa shape index (κ1) is 19.4. The highest BCUT2D eigenvalue weighted by atomic mass is 35.5. The molecule has 2 aromatic carbocycles. The second-order valence-corrected chi connectivity index (χ2v) is 7.91. The van der Waals surface area contributed by atoms with E-state index in [4.69, 9.17) is 11.6 Å². The predicted octanol–water partition coefficient (Wildman–Crippen LogP) is 4.98. The molecule has 4 aromatic rings. The molecule has 0 bridgehead atoms. The Kier molecular flexibility index (Phi) is 5.47. The van der Waals surface area contributed by atoms with Crippen LogP contribution in [0.1, 0.15) is 12.5 Å². The van der Waals surface area contributed by atoms with Crippen molar-refractivity contribution in [2.45, 2.75) is 19.9 Å². The number of fused-ring (bicyclic) bond motifs is 1. The van der Waals surface area contributed by atoms with Crippen molar-refractivity contribution in [3.63, 3.8) is 0 Å². The van der Waals surface area contributed by atoms with E-state index < -0.39 is 0 Å². The number of thiophene rings is 1. The summed E-state index contributed by atoms with van der Waals surface area (Å²) in [6.07, 6.45) is 2.38. The Balaban J connectivity index is 1.63. The molecule has 1 N–H and O–H groups in total. The van der Waals surface area contributed by atoms with Gasteiger partial charge in [0.25, 0.3) is 5.56 Å². The summed E-state index contributed by atoms with van der Waals surface area (Å²) in [5.41, 5.74) is 3.45. The van der Waals surface area contributed by atoms with Crippen molar-refractivity contribution in [1.29, 1.82) is 0 Å². The number of benzene rings is 2. The van der Waals surface area contributed by atoms with E-state index in [1.807, 2.05) is 17.5 Å². The first-order valence-electron chi connectivity index (χ1n) is 9.16. The highest BCUT2D eigenvalue weighted by Gasteiger charge is 2.15. The number of anilines is 1. The van der Waals surface area contributed by atoms with E-state index in [0.29, 0.717) is 20.9 Å².